The molecule has 3 aromatic heterocycles. The highest BCUT2D eigenvalue weighted by atomic mass is 16.3. The first kappa shape index (κ1) is 31.7. The van der Waals surface area contributed by atoms with Gasteiger partial charge in [-0.3, -0.25) is 0 Å². The Morgan fingerprint density at radius 2 is 0.855 bits per heavy atom. The maximum Gasteiger partial charge on any atom is 0.145 e. The minimum Gasteiger partial charge on any atom is -0.455 e. The molecule has 0 fully saturated rings. The zero-order valence-electron chi connectivity index (χ0n) is 33.0. The molecule has 4 heteroatoms. The topological polar surface area (TPSA) is 65.1 Å². The van der Waals surface area contributed by atoms with E-state index in [4.69, 9.17) is 4.42 Å². The summed E-state index contributed by atoms with van der Waals surface area (Å²) < 4.78 is 9.62. The van der Waals surface area contributed by atoms with E-state index in [1.807, 2.05) is 0 Å². The number of hydrogen-bond acceptors (Lipinski definition) is 3. The third-order valence-corrected chi connectivity index (χ3v) is 15.5. The van der Waals surface area contributed by atoms with Crippen molar-refractivity contribution in [3.05, 3.63) is 230 Å². The largest absolute Gasteiger partial charge is 0.455 e. The molecule has 6 aliphatic carbocycles. The lowest BCUT2D eigenvalue weighted by Crippen LogP contribution is -2.28. The van der Waals surface area contributed by atoms with E-state index in [0.29, 0.717) is 11.1 Å². The van der Waals surface area contributed by atoms with Crippen LogP contribution in [0.15, 0.2) is 156 Å². The van der Waals surface area contributed by atoms with Crippen molar-refractivity contribution in [2.75, 3.05) is 0 Å². The Bertz CT molecular complexity index is 4130. The van der Waals surface area contributed by atoms with Crippen LogP contribution in [0.1, 0.15) is 102 Å². The molecule has 9 aromatic carbocycles. The van der Waals surface area contributed by atoms with Gasteiger partial charge in [-0.2, -0.15) is 10.5 Å². The minimum absolute atomic E-state index is 0.0424. The van der Waals surface area contributed by atoms with Gasteiger partial charge in [0.2, 0.25) is 0 Å². The number of aromatic nitrogens is 1. The molecule has 0 atom stereocenters. The first-order valence-electron chi connectivity index (χ1n) is 21.5. The normalized spacial score (nSPS) is 18.6. The Hall–Kier alpha value is -8.18. The van der Waals surface area contributed by atoms with E-state index in [-0.39, 0.29) is 23.7 Å². The average molecular weight is 784 g/mol. The summed E-state index contributed by atoms with van der Waals surface area (Å²) in [4.78, 5) is 0. The second-order valence-corrected chi connectivity index (χ2v) is 17.9. The number of hydrogen-bond donors (Lipinski definition) is 0. The Morgan fingerprint density at radius 3 is 1.37 bits per heavy atom. The predicted octanol–water partition coefficient (Wildman–Crippen LogP) is 13.6. The van der Waals surface area contributed by atoms with Crippen molar-refractivity contribution in [3.63, 3.8) is 0 Å². The molecule has 0 saturated carbocycles. The van der Waals surface area contributed by atoms with Crippen molar-refractivity contribution in [2.24, 2.45) is 0 Å². The first-order valence-corrected chi connectivity index (χ1v) is 21.5. The van der Waals surface area contributed by atoms with E-state index >= 15 is 0 Å². The van der Waals surface area contributed by atoms with Crippen molar-refractivity contribution < 1.29 is 4.42 Å². The maximum absolute atomic E-state index is 11.3. The summed E-state index contributed by atoms with van der Waals surface area (Å²) in [6.07, 6.45) is 0. The number of furan rings is 1. The monoisotopic (exact) mass is 783 g/mol. The summed E-state index contributed by atoms with van der Waals surface area (Å²) in [6, 6.07) is 60.6. The van der Waals surface area contributed by atoms with Crippen molar-refractivity contribution in [1.82, 2.24) is 4.40 Å². The molecule has 0 radical (unpaired) electrons. The Labute approximate surface area is 354 Å². The Balaban J connectivity index is 1.17. The lowest BCUT2D eigenvalue weighted by Gasteiger charge is -2.43. The highest BCUT2D eigenvalue weighted by Crippen LogP contribution is 2.63. The molecule has 4 bridgehead atoms. The van der Waals surface area contributed by atoms with Crippen LogP contribution in [0.3, 0.4) is 0 Å². The molecular weight excluding hydrogens is 755 g/mol. The molecule has 3 heterocycles. The zero-order chi connectivity index (χ0) is 40.3. The van der Waals surface area contributed by atoms with Gasteiger partial charge in [-0.25, -0.2) is 0 Å². The van der Waals surface area contributed by atoms with Crippen LogP contribution < -0.4 is 0 Å². The van der Waals surface area contributed by atoms with E-state index in [0.717, 1.165) is 71.2 Å². The SMILES string of the molecule is N#Cc1cc2c(c3c1C1c4ccccc4C3c3ccccc31)c1cc3c(oc4ccc5ccccc5c43)c3c4c5c(c(C#N)cc4n2c13)C1c2ccccc2C5c2ccccc21. The maximum atomic E-state index is 11.3. The van der Waals surface area contributed by atoms with Gasteiger partial charge in [0.1, 0.15) is 11.2 Å². The van der Waals surface area contributed by atoms with Crippen molar-refractivity contribution in [3.8, 4) is 12.1 Å². The molecule has 0 unspecified atom stereocenters. The predicted molar refractivity (Wildman–Crippen MR) is 245 cm³/mol. The van der Waals surface area contributed by atoms with Crippen LogP contribution in [0.4, 0.5) is 0 Å². The molecule has 12 aromatic rings. The van der Waals surface area contributed by atoms with E-state index in [1.54, 1.807) is 0 Å². The zero-order valence-corrected chi connectivity index (χ0v) is 33.0. The van der Waals surface area contributed by atoms with Crippen LogP contribution in [-0.2, 0) is 0 Å². The fraction of sp³-hybridized carbons (Fsp3) is 0.0690. The average Bonchev–Trinajstić information content (AvgIpc) is 4.00. The molecule has 18 rings (SSSR count). The van der Waals surface area contributed by atoms with Gasteiger partial charge in [-0.1, -0.05) is 127 Å². The summed E-state index contributed by atoms with van der Waals surface area (Å²) >= 11 is 0. The summed E-state index contributed by atoms with van der Waals surface area (Å²) in [5.74, 6) is -0.229. The number of benzene rings is 9. The number of nitriles is 2. The van der Waals surface area contributed by atoms with Crippen molar-refractivity contribution in [1.29, 1.82) is 10.5 Å². The van der Waals surface area contributed by atoms with Gasteiger partial charge in [0.05, 0.1) is 45.2 Å². The van der Waals surface area contributed by atoms with E-state index < -0.39 is 0 Å². The molecule has 62 heavy (non-hydrogen) atoms. The molecule has 6 aliphatic rings. The van der Waals surface area contributed by atoms with E-state index in [9.17, 15) is 10.5 Å². The third-order valence-electron chi connectivity index (χ3n) is 15.5. The van der Waals surface area contributed by atoms with Crippen LogP contribution in [-0.4, -0.2) is 4.40 Å². The lowest BCUT2D eigenvalue weighted by atomic mass is 9.59. The standard InChI is InChI=1S/C58H29N3O/c59-26-29-23-42-52(54-45(29)48-32-13-3-7-17-36(32)50(54)37-18-8-4-14-33(37)48)40-25-41-47-31-12-2-1-11-28(31)21-22-44(47)62-58(41)56-53-43(61(42)57(40)56)24-30(27-60)46-49-34-15-5-9-19-38(34)51(55(46)53)39-20-10-6-16-35(39)49/h1-25,48-51H. The smallest absolute Gasteiger partial charge is 0.145 e. The van der Waals surface area contributed by atoms with Crippen LogP contribution in [0.25, 0.3) is 70.8 Å². The summed E-state index contributed by atoms with van der Waals surface area (Å²) in [6.45, 7) is 0. The molecule has 0 spiro atoms. The summed E-state index contributed by atoms with van der Waals surface area (Å²) in [5.41, 5.74) is 21.3. The van der Waals surface area contributed by atoms with Gasteiger partial charge in [0.25, 0.3) is 0 Å². The third kappa shape index (κ3) is 3.35. The Kier molecular flexibility index (Phi) is 5.41. The molecule has 0 aliphatic heterocycles. The second-order valence-electron chi connectivity index (χ2n) is 17.9. The molecule has 0 saturated heterocycles. The Morgan fingerprint density at radius 1 is 0.403 bits per heavy atom. The molecule has 282 valence electrons. The molecule has 0 amide bonds. The van der Waals surface area contributed by atoms with Crippen molar-refractivity contribution in [2.45, 2.75) is 23.7 Å². The van der Waals surface area contributed by atoms with Gasteiger partial charge in [-0.15, -0.1) is 0 Å². The van der Waals surface area contributed by atoms with Gasteiger partial charge in [0.15, 0.2) is 0 Å². The highest BCUT2D eigenvalue weighted by Gasteiger charge is 2.47. The lowest BCUT2D eigenvalue weighted by molar-refractivity contribution is 0.673. The van der Waals surface area contributed by atoms with Gasteiger partial charge < -0.3 is 8.82 Å². The number of nitrogens with zero attached hydrogens (tertiary/aromatic N) is 3. The van der Waals surface area contributed by atoms with E-state index in [2.05, 4.69) is 168 Å². The molecule has 0 N–H and O–H groups in total. The number of fused-ring (bicyclic) bond motifs is 12. The fourth-order valence-corrected chi connectivity index (χ4v) is 13.5. The molecular formula is C58H29N3O. The minimum atomic E-state index is -0.0683. The van der Waals surface area contributed by atoms with Crippen LogP contribution in [0.5, 0.6) is 0 Å². The quantitative estimate of drug-likeness (QED) is 0.154. The van der Waals surface area contributed by atoms with Gasteiger partial charge in [0, 0.05) is 50.6 Å². The second kappa shape index (κ2) is 10.6. The van der Waals surface area contributed by atoms with Crippen LogP contribution in [0, 0.1) is 22.7 Å². The van der Waals surface area contributed by atoms with Crippen LogP contribution >= 0.6 is 0 Å². The van der Waals surface area contributed by atoms with Crippen molar-refractivity contribution >= 4 is 70.8 Å². The summed E-state index contributed by atoms with van der Waals surface area (Å²) in [7, 11) is 0. The number of rotatable bonds is 0. The summed E-state index contributed by atoms with van der Waals surface area (Å²) in [5, 5.41) is 31.6. The van der Waals surface area contributed by atoms with E-state index in [1.165, 1.54) is 66.4 Å². The highest BCUT2D eigenvalue weighted by molar-refractivity contribution is 6.36. The fourth-order valence-electron chi connectivity index (χ4n) is 13.5. The van der Waals surface area contributed by atoms with Gasteiger partial charge >= 0.3 is 0 Å². The first-order chi connectivity index (χ1) is 30.7. The van der Waals surface area contributed by atoms with Gasteiger partial charge in [-0.05, 0) is 102 Å². The van der Waals surface area contributed by atoms with Crippen LogP contribution in [0.2, 0.25) is 0 Å². The molecule has 4 nitrogen and oxygen atoms in total.